The lowest BCUT2D eigenvalue weighted by Crippen LogP contribution is -2.37. The summed E-state index contributed by atoms with van der Waals surface area (Å²) in [4.78, 5) is 26.7. The largest absolute Gasteiger partial charge is 0.351 e. The predicted octanol–water partition coefficient (Wildman–Crippen LogP) is 2.70. The smallest absolute Gasteiger partial charge is 0.272 e. The van der Waals surface area contributed by atoms with Crippen molar-refractivity contribution in [3.05, 3.63) is 52.8 Å². The number of hydrogen-bond donors (Lipinski definition) is 2. The zero-order chi connectivity index (χ0) is 19.2. The first-order chi connectivity index (χ1) is 13.0. The molecule has 0 saturated heterocycles. The second-order valence-electron chi connectivity index (χ2n) is 7.54. The molecule has 6 heteroatoms. The van der Waals surface area contributed by atoms with Crippen LogP contribution in [-0.4, -0.2) is 40.0 Å². The van der Waals surface area contributed by atoms with Gasteiger partial charge in [-0.3, -0.25) is 14.7 Å². The fraction of sp³-hybridized carbons (Fsp3) is 0.476. The number of nitrogens with zero attached hydrogens (tertiary/aromatic N) is 2. The molecule has 0 radical (unpaired) electrons. The molecule has 1 aromatic heterocycles. The Labute approximate surface area is 160 Å². The van der Waals surface area contributed by atoms with Crippen LogP contribution in [0.3, 0.4) is 0 Å². The maximum atomic E-state index is 12.5. The molecular formula is C21H28N4O2. The summed E-state index contributed by atoms with van der Waals surface area (Å²) in [6.07, 6.45) is 3.06. The van der Waals surface area contributed by atoms with Crippen LogP contribution in [-0.2, 0) is 24.2 Å². The van der Waals surface area contributed by atoms with E-state index < -0.39 is 0 Å². The molecule has 2 aromatic rings. The van der Waals surface area contributed by atoms with Gasteiger partial charge in [0.05, 0.1) is 0 Å². The molecule has 0 bridgehead atoms. The van der Waals surface area contributed by atoms with Gasteiger partial charge in [0.1, 0.15) is 0 Å². The molecule has 0 fully saturated rings. The third-order valence-electron chi connectivity index (χ3n) is 4.85. The van der Waals surface area contributed by atoms with Gasteiger partial charge in [0.2, 0.25) is 5.91 Å². The molecule has 0 saturated carbocycles. The molecule has 6 nitrogen and oxygen atoms in total. The number of fused-ring (bicyclic) bond motifs is 1. The van der Waals surface area contributed by atoms with Gasteiger partial charge in [0.15, 0.2) is 5.69 Å². The van der Waals surface area contributed by atoms with Crippen molar-refractivity contribution in [2.24, 2.45) is 5.92 Å². The molecule has 0 atom stereocenters. The van der Waals surface area contributed by atoms with Crippen LogP contribution in [0, 0.1) is 5.92 Å². The Balaban J connectivity index is 1.54. The maximum absolute atomic E-state index is 12.5. The molecule has 27 heavy (non-hydrogen) atoms. The van der Waals surface area contributed by atoms with Crippen molar-refractivity contribution in [3.63, 3.8) is 0 Å². The third kappa shape index (κ3) is 4.96. The van der Waals surface area contributed by atoms with Gasteiger partial charge < -0.3 is 10.2 Å². The number of carbonyl (C=O) groups is 2. The van der Waals surface area contributed by atoms with Gasteiger partial charge >= 0.3 is 0 Å². The molecule has 0 aliphatic carbocycles. The minimum absolute atomic E-state index is 0.145. The fourth-order valence-corrected chi connectivity index (χ4v) is 3.40. The van der Waals surface area contributed by atoms with E-state index in [2.05, 4.69) is 27.6 Å². The van der Waals surface area contributed by atoms with Gasteiger partial charge in [-0.15, -0.1) is 0 Å². The molecule has 3 rings (SSSR count). The summed E-state index contributed by atoms with van der Waals surface area (Å²) in [7, 11) is 0. The first kappa shape index (κ1) is 19.1. The monoisotopic (exact) mass is 368 g/mol. The van der Waals surface area contributed by atoms with E-state index in [9.17, 15) is 9.59 Å². The zero-order valence-corrected chi connectivity index (χ0v) is 16.1. The Bertz CT molecular complexity index is 783. The van der Waals surface area contributed by atoms with Gasteiger partial charge in [0, 0.05) is 43.7 Å². The fourth-order valence-electron chi connectivity index (χ4n) is 3.40. The Morgan fingerprint density at radius 1 is 1.26 bits per heavy atom. The van der Waals surface area contributed by atoms with E-state index in [0.717, 1.165) is 24.1 Å². The number of carbonyl (C=O) groups excluding carboxylic acids is 2. The SMILES string of the molecule is CC(C)CC(=O)N1CCc2[nH]nc(C(=O)NCCCc3ccccc3)c2C1. The first-order valence-electron chi connectivity index (χ1n) is 9.70. The summed E-state index contributed by atoms with van der Waals surface area (Å²) >= 11 is 0. The lowest BCUT2D eigenvalue weighted by atomic mass is 10.0. The number of nitrogens with one attached hydrogen (secondary N) is 2. The number of hydrogen-bond acceptors (Lipinski definition) is 3. The van der Waals surface area contributed by atoms with E-state index in [1.807, 2.05) is 36.9 Å². The molecule has 1 aliphatic rings. The van der Waals surface area contributed by atoms with Gasteiger partial charge in [-0.1, -0.05) is 44.2 Å². The van der Waals surface area contributed by atoms with Crippen molar-refractivity contribution in [3.8, 4) is 0 Å². The van der Waals surface area contributed by atoms with E-state index in [-0.39, 0.29) is 11.8 Å². The van der Waals surface area contributed by atoms with Crippen LogP contribution in [0.25, 0.3) is 0 Å². The molecule has 2 heterocycles. The number of H-pyrrole nitrogens is 1. The first-order valence-corrected chi connectivity index (χ1v) is 9.70. The van der Waals surface area contributed by atoms with E-state index in [1.165, 1.54) is 5.56 Å². The highest BCUT2D eigenvalue weighted by molar-refractivity contribution is 5.94. The van der Waals surface area contributed by atoms with E-state index in [0.29, 0.717) is 44.1 Å². The van der Waals surface area contributed by atoms with Crippen molar-refractivity contribution in [2.45, 2.75) is 46.1 Å². The molecule has 0 spiro atoms. The summed E-state index contributed by atoms with van der Waals surface area (Å²) in [6.45, 7) is 5.83. The van der Waals surface area contributed by atoms with Crippen LogP contribution in [0.15, 0.2) is 30.3 Å². The summed E-state index contributed by atoms with van der Waals surface area (Å²) in [6, 6.07) is 10.2. The number of amides is 2. The topological polar surface area (TPSA) is 78.1 Å². The Hall–Kier alpha value is -2.63. The van der Waals surface area contributed by atoms with Crippen LogP contribution in [0.4, 0.5) is 0 Å². The summed E-state index contributed by atoms with van der Waals surface area (Å²) < 4.78 is 0. The number of aromatic amines is 1. The minimum atomic E-state index is -0.168. The van der Waals surface area contributed by atoms with E-state index >= 15 is 0 Å². The van der Waals surface area contributed by atoms with Crippen molar-refractivity contribution < 1.29 is 9.59 Å². The third-order valence-corrected chi connectivity index (χ3v) is 4.85. The average molecular weight is 368 g/mol. The Morgan fingerprint density at radius 2 is 2.04 bits per heavy atom. The number of aryl methyl sites for hydroxylation is 1. The standard InChI is InChI=1S/C21H28N4O2/c1-15(2)13-19(26)25-12-10-18-17(14-25)20(24-23-18)21(27)22-11-6-9-16-7-4-3-5-8-16/h3-5,7-8,15H,6,9-14H2,1-2H3,(H,22,27)(H,23,24). The van der Waals surface area contributed by atoms with Crippen molar-refractivity contribution in [2.75, 3.05) is 13.1 Å². The summed E-state index contributed by atoms with van der Waals surface area (Å²) in [5, 5.41) is 10.1. The number of benzene rings is 1. The number of rotatable bonds is 7. The molecule has 1 aliphatic heterocycles. The lowest BCUT2D eigenvalue weighted by molar-refractivity contribution is -0.132. The highest BCUT2D eigenvalue weighted by Gasteiger charge is 2.27. The van der Waals surface area contributed by atoms with Crippen LogP contribution in [0.5, 0.6) is 0 Å². The van der Waals surface area contributed by atoms with Crippen LogP contribution in [0.2, 0.25) is 0 Å². The summed E-state index contributed by atoms with van der Waals surface area (Å²) in [5.74, 6) is 0.306. The summed E-state index contributed by atoms with van der Waals surface area (Å²) in [5.41, 5.74) is 3.52. The van der Waals surface area contributed by atoms with Gasteiger partial charge in [0.25, 0.3) is 5.91 Å². The van der Waals surface area contributed by atoms with E-state index in [1.54, 1.807) is 0 Å². The number of aromatic nitrogens is 2. The Kier molecular flexibility index (Phi) is 6.27. The van der Waals surface area contributed by atoms with Crippen LogP contribution in [0.1, 0.15) is 54.0 Å². The molecule has 0 unspecified atom stereocenters. The van der Waals surface area contributed by atoms with Gasteiger partial charge in [-0.2, -0.15) is 5.10 Å². The highest BCUT2D eigenvalue weighted by Crippen LogP contribution is 2.21. The van der Waals surface area contributed by atoms with Crippen molar-refractivity contribution in [1.82, 2.24) is 20.4 Å². The van der Waals surface area contributed by atoms with Crippen LogP contribution < -0.4 is 5.32 Å². The van der Waals surface area contributed by atoms with Gasteiger partial charge in [-0.05, 0) is 24.3 Å². The van der Waals surface area contributed by atoms with Gasteiger partial charge in [-0.25, -0.2) is 0 Å². The normalized spacial score (nSPS) is 13.5. The molecule has 2 amide bonds. The lowest BCUT2D eigenvalue weighted by Gasteiger charge is -2.27. The second-order valence-corrected chi connectivity index (χ2v) is 7.54. The highest BCUT2D eigenvalue weighted by atomic mass is 16.2. The minimum Gasteiger partial charge on any atom is -0.351 e. The predicted molar refractivity (Wildman–Crippen MR) is 104 cm³/mol. The molecular weight excluding hydrogens is 340 g/mol. The van der Waals surface area contributed by atoms with Crippen molar-refractivity contribution >= 4 is 11.8 Å². The zero-order valence-electron chi connectivity index (χ0n) is 16.1. The molecule has 2 N–H and O–H groups in total. The Morgan fingerprint density at radius 3 is 2.78 bits per heavy atom. The maximum Gasteiger partial charge on any atom is 0.272 e. The quantitative estimate of drug-likeness (QED) is 0.738. The second kappa shape index (κ2) is 8.84. The molecule has 1 aromatic carbocycles. The van der Waals surface area contributed by atoms with E-state index in [4.69, 9.17) is 0 Å². The van der Waals surface area contributed by atoms with Crippen molar-refractivity contribution in [1.29, 1.82) is 0 Å². The average Bonchev–Trinajstić information content (AvgIpc) is 3.08. The molecule has 144 valence electrons. The van der Waals surface area contributed by atoms with Crippen LogP contribution >= 0.6 is 0 Å².